The number of rotatable bonds is 6. The van der Waals surface area contributed by atoms with Crippen molar-refractivity contribution in [3.8, 4) is 22.6 Å². The second kappa shape index (κ2) is 7.31. The van der Waals surface area contributed by atoms with E-state index in [0.29, 0.717) is 18.2 Å². The highest BCUT2D eigenvalue weighted by Crippen LogP contribution is 2.41. The van der Waals surface area contributed by atoms with Gasteiger partial charge in [0.15, 0.2) is 0 Å². The number of hydrogen-bond donors (Lipinski definition) is 2. The van der Waals surface area contributed by atoms with Crippen LogP contribution in [0.3, 0.4) is 0 Å². The first-order valence-corrected chi connectivity index (χ1v) is 9.87. The average molecular weight is 391 g/mol. The number of imidazole rings is 1. The molecule has 0 unspecified atom stereocenters. The van der Waals surface area contributed by atoms with E-state index in [1.54, 1.807) is 6.07 Å². The molecule has 2 N–H and O–H groups in total. The number of aromatic amines is 1. The molecule has 150 valence electrons. The average Bonchev–Trinajstić information content (AvgIpc) is 3.44. The van der Waals surface area contributed by atoms with Gasteiger partial charge in [-0.25, -0.2) is 9.97 Å². The molecule has 29 heavy (non-hydrogen) atoms. The standard InChI is InChI=1S/C22H25N5O2/c1-22(2,3)13-23-21-17(27(28)29)12-11-16(24-21)19-18(14-7-5-4-6-8-14)25-20(26-19)15-9-10-15/h4-8,11-12,15H,9-10,13H2,1-3H3,(H,23,24)(H,25,26). The molecule has 2 heterocycles. The van der Waals surface area contributed by atoms with E-state index in [2.05, 4.69) is 36.1 Å². The third kappa shape index (κ3) is 4.29. The maximum absolute atomic E-state index is 11.5. The Morgan fingerprint density at radius 2 is 1.86 bits per heavy atom. The van der Waals surface area contributed by atoms with Gasteiger partial charge in [-0.15, -0.1) is 0 Å². The van der Waals surface area contributed by atoms with Crippen molar-refractivity contribution >= 4 is 11.5 Å². The Morgan fingerprint density at radius 3 is 2.48 bits per heavy atom. The summed E-state index contributed by atoms with van der Waals surface area (Å²) in [5, 5.41) is 14.6. The fourth-order valence-corrected chi connectivity index (χ4v) is 3.15. The molecule has 7 heteroatoms. The van der Waals surface area contributed by atoms with Gasteiger partial charge in [0.2, 0.25) is 5.82 Å². The zero-order valence-electron chi connectivity index (χ0n) is 16.9. The summed E-state index contributed by atoms with van der Waals surface area (Å²) >= 11 is 0. The van der Waals surface area contributed by atoms with Crippen molar-refractivity contribution in [3.63, 3.8) is 0 Å². The lowest BCUT2D eigenvalue weighted by Crippen LogP contribution is -2.20. The smallest absolute Gasteiger partial charge is 0.311 e. The Hall–Kier alpha value is -3.22. The van der Waals surface area contributed by atoms with Gasteiger partial charge in [0.05, 0.1) is 22.0 Å². The van der Waals surface area contributed by atoms with Crippen LogP contribution >= 0.6 is 0 Å². The van der Waals surface area contributed by atoms with Crippen molar-refractivity contribution in [1.82, 2.24) is 15.0 Å². The third-order valence-corrected chi connectivity index (χ3v) is 4.85. The van der Waals surface area contributed by atoms with E-state index in [1.165, 1.54) is 6.07 Å². The van der Waals surface area contributed by atoms with Gasteiger partial charge in [0.25, 0.3) is 0 Å². The van der Waals surface area contributed by atoms with Crippen LogP contribution in [0.15, 0.2) is 42.5 Å². The van der Waals surface area contributed by atoms with Gasteiger partial charge in [-0.1, -0.05) is 51.1 Å². The van der Waals surface area contributed by atoms with E-state index in [4.69, 9.17) is 4.98 Å². The maximum atomic E-state index is 11.5. The van der Waals surface area contributed by atoms with Crippen LogP contribution in [0.2, 0.25) is 0 Å². The van der Waals surface area contributed by atoms with Crippen LogP contribution in [0.4, 0.5) is 11.5 Å². The highest BCUT2D eigenvalue weighted by atomic mass is 16.6. The van der Waals surface area contributed by atoms with Crippen LogP contribution in [0.5, 0.6) is 0 Å². The van der Waals surface area contributed by atoms with Gasteiger partial charge in [-0.3, -0.25) is 10.1 Å². The number of hydrogen-bond acceptors (Lipinski definition) is 5. The van der Waals surface area contributed by atoms with Crippen LogP contribution in [0.1, 0.15) is 45.4 Å². The maximum Gasteiger partial charge on any atom is 0.311 e. The zero-order chi connectivity index (χ0) is 20.6. The summed E-state index contributed by atoms with van der Waals surface area (Å²) in [4.78, 5) is 24.0. The molecule has 0 atom stereocenters. The quantitative estimate of drug-likeness (QED) is 0.434. The Bertz CT molecular complexity index is 1030. The molecular formula is C22H25N5O2. The molecule has 0 bridgehead atoms. The minimum atomic E-state index is -0.400. The topological polar surface area (TPSA) is 96.7 Å². The number of nitrogens with one attached hydrogen (secondary N) is 2. The number of aromatic nitrogens is 3. The van der Waals surface area contributed by atoms with Gasteiger partial charge in [0, 0.05) is 24.1 Å². The van der Waals surface area contributed by atoms with E-state index >= 15 is 0 Å². The van der Waals surface area contributed by atoms with Gasteiger partial charge in [-0.05, 0) is 24.3 Å². The van der Waals surface area contributed by atoms with Crippen molar-refractivity contribution in [2.24, 2.45) is 5.41 Å². The van der Waals surface area contributed by atoms with Gasteiger partial charge >= 0.3 is 5.69 Å². The minimum Gasteiger partial charge on any atom is -0.364 e. The molecule has 4 rings (SSSR count). The summed E-state index contributed by atoms with van der Waals surface area (Å²) in [6.45, 7) is 6.78. The lowest BCUT2D eigenvalue weighted by molar-refractivity contribution is -0.384. The summed E-state index contributed by atoms with van der Waals surface area (Å²) in [7, 11) is 0. The third-order valence-electron chi connectivity index (χ3n) is 4.85. The molecule has 7 nitrogen and oxygen atoms in total. The molecule has 1 fully saturated rings. The summed E-state index contributed by atoms with van der Waals surface area (Å²) in [6.07, 6.45) is 2.26. The zero-order valence-corrected chi connectivity index (χ0v) is 16.9. The summed E-state index contributed by atoms with van der Waals surface area (Å²) in [5.41, 5.74) is 3.21. The SMILES string of the molecule is CC(C)(C)CNc1nc(-c2[nH]c(C3CC3)nc2-c2ccccc2)ccc1[N+](=O)[O-]. The van der Waals surface area contributed by atoms with E-state index in [0.717, 1.165) is 35.6 Å². The van der Waals surface area contributed by atoms with Crippen LogP contribution in [-0.4, -0.2) is 26.4 Å². The number of pyridine rings is 1. The van der Waals surface area contributed by atoms with Crippen LogP contribution < -0.4 is 5.32 Å². The minimum absolute atomic E-state index is 0.0267. The Morgan fingerprint density at radius 1 is 1.14 bits per heavy atom. The molecule has 0 aliphatic heterocycles. The van der Waals surface area contributed by atoms with Gasteiger partial charge < -0.3 is 10.3 Å². The van der Waals surface area contributed by atoms with Crippen molar-refractivity contribution in [3.05, 3.63) is 58.4 Å². The molecule has 3 aromatic rings. The Labute approximate surface area is 169 Å². The monoisotopic (exact) mass is 391 g/mol. The number of nitro groups is 1. The van der Waals surface area contributed by atoms with Crippen molar-refractivity contribution in [2.75, 3.05) is 11.9 Å². The molecule has 0 amide bonds. The molecule has 0 spiro atoms. The highest BCUT2D eigenvalue weighted by molar-refractivity contribution is 5.78. The van der Waals surface area contributed by atoms with E-state index in [9.17, 15) is 10.1 Å². The van der Waals surface area contributed by atoms with E-state index in [-0.39, 0.29) is 16.9 Å². The fraction of sp³-hybridized carbons (Fsp3) is 0.364. The normalized spacial score (nSPS) is 14.0. The van der Waals surface area contributed by atoms with Crippen molar-refractivity contribution in [2.45, 2.75) is 39.5 Å². The van der Waals surface area contributed by atoms with Crippen molar-refractivity contribution in [1.29, 1.82) is 0 Å². The molecule has 1 aromatic carbocycles. The fourth-order valence-electron chi connectivity index (χ4n) is 3.15. The van der Waals surface area contributed by atoms with Gasteiger partial charge in [0.1, 0.15) is 5.82 Å². The van der Waals surface area contributed by atoms with Crippen LogP contribution in [0.25, 0.3) is 22.6 Å². The molecule has 1 aliphatic rings. The molecule has 0 radical (unpaired) electrons. The Kier molecular flexibility index (Phi) is 4.82. The van der Waals surface area contributed by atoms with Crippen molar-refractivity contribution < 1.29 is 4.92 Å². The molecule has 0 saturated heterocycles. The van der Waals surface area contributed by atoms with E-state index in [1.807, 2.05) is 30.3 Å². The first-order valence-electron chi connectivity index (χ1n) is 9.87. The first kappa shape index (κ1) is 19.1. The number of H-pyrrole nitrogens is 1. The number of benzene rings is 1. The summed E-state index contributed by atoms with van der Waals surface area (Å²) < 4.78 is 0. The summed E-state index contributed by atoms with van der Waals surface area (Å²) in [6, 6.07) is 13.2. The second-order valence-corrected chi connectivity index (χ2v) is 8.72. The number of nitrogens with zero attached hydrogens (tertiary/aromatic N) is 3. The largest absolute Gasteiger partial charge is 0.364 e. The summed E-state index contributed by atoms with van der Waals surface area (Å²) in [5.74, 6) is 1.70. The first-order chi connectivity index (χ1) is 13.8. The van der Waals surface area contributed by atoms with Crippen LogP contribution in [0, 0.1) is 15.5 Å². The predicted octanol–water partition coefficient (Wildman–Crippen LogP) is 5.38. The molecular weight excluding hydrogens is 366 g/mol. The molecule has 1 aliphatic carbocycles. The lowest BCUT2D eigenvalue weighted by Gasteiger charge is -2.19. The molecule has 1 saturated carbocycles. The van der Waals surface area contributed by atoms with E-state index < -0.39 is 4.92 Å². The molecule has 2 aromatic heterocycles. The van der Waals surface area contributed by atoms with Crippen LogP contribution in [-0.2, 0) is 0 Å². The Balaban J connectivity index is 1.79. The second-order valence-electron chi connectivity index (χ2n) is 8.72. The van der Waals surface area contributed by atoms with Gasteiger partial charge in [-0.2, -0.15) is 0 Å². The lowest BCUT2D eigenvalue weighted by atomic mass is 9.97. The highest BCUT2D eigenvalue weighted by Gasteiger charge is 2.29. The predicted molar refractivity (Wildman–Crippen MR) is 114 cm³/mol. The number of anilines is 1.